The second-order valence-electron chi connectivity index (χ2n) is 18.1. The molecular weight excluding hydrogens is 697 g/mol. The van der Waals surface area contributed by atoms with Gasteiger partial charge in [0, 0.05) is 19.3 Å². The Morgan fingerprint density at radius 1 is 0.339 bits per heavy atom. The Hall–Kier alpha value is -1.59. The van der Waals surface area contributed by atoms with Crippen molar-refractivity contribution in [3.05, 3.63) is 0 Å². The topological polar surface area (TPSA) is 78.9 Å². The average Bonchev–Trinajstić information content (AvgIpc) is 3.16. The van der Waals surface area contributed by atoms with Crippen molar-refractivity contribution in [1.82, 2.24) is 0 Å². The van der Waals surface area contributed by atoms with Crippen LogP contribution in [0.5, 0.6) is 0 Å². The smallest absolute Gasteiger partial charge is 0.306 e. The van der Waals surface area contributed by atoms with Gasteiger partial charge in [-0.1, -0.05) is 234 Å². The summed E-state index contributed by atoms with van der Waals surface area (Å²) in [5, 5.41) is 0. The molecule has 0 aromatic carbocycles. The summed E-state index contributed by atoms with van der Waals surface area (Å²) >= 11 is 0. The lowest BCUT2D eigenvalue weighted by atomic mass is 10.0. The predicted molar refractivity (Wildman–Crippen MR) is 238 cm³/mol. The summed E-state index contributed by atoms with van der Waals surface area (Å²) in [5.74, 6) is 0.746. The highest BCUT2D eigenvalue weighted by Gasteiger charge is 2.19. The highest BCUT2D eigenvalue weighted by molar-refractivity contribution is 5.71. The van der Waals surface area contributed by atoms with Crippen LogP contribution >= 0.6 is 0 Å². The van der Waals surface area contributed by atoms with Gasteiger partial charge in [-0.25, -0.2) is 0 Å². The van der Waals surface area contributed by atoms with E-state index in [1.807, 2.05) is 0 Å². The van der Waals surface area contributed by atoms with E-state index in [1.54, 1.807) is 0 Å². The third-order valence-electron chi connectivity index (χ3n) is 11.2. The molecule has 6 nitrogen and oxygen atoms in total. The van der Waals surface area contributed by atoms with E-state index in [2.05, 4.69) is 34.6 Å². The lowest BCUT2D eigenvalue weighted by Gasteiger charge is -2.18. The number of carbonyl (C=O) groups is 3. The Labute approximate surface area is 348 Å². The third-order valence-corrected chi connectivity index (χ3v) is 11.2. The van der Waals surface area contributed by atoms with Gasteiger partial charge in [-0.3, -0.25) is 14.4 Å². The summed E-state index contributed by atoms with van der Waals surface area (Å²) in [6, 6.07) is 0. The second-order valence-corrected chi connectivity index (χ2v) is 18.1. The molecule has 56 heavy (non-hydrogen) atoms. The van der Waals surface area contributed by atoms with Gasteiger partial charge < -0.3 is 14.2 Å². The first kappa shape index (κ1) is 54.4. The van der Waals surface area contributed by atoms with E-state index in [1.165, 1.54) is 161 Å². The minimum atomic E-state index is -0.761. The van der Waals surface area contributed by atoms with Crippen molar-refractivity contribution >= 4 is 17.9 Å². The molecule has 0 fully saturated rings. The zero-order valence-corrected chi connectivity index (χ0v) is 38.3. The van der Waals surface area contributed by atoms with E-state index in [-0.39, 0.29) is 31.1 Å². The van der Waals surface area contributed by atoms with Crippen LogP contribution in [0.15, 0.2) is 0 Å². The van der Waals surface area contributed by atoms with Crippen molar-refractivity contribution in [2.45, 2.75) is 278 Å². The largest absolute Gasteiger partial charge is 0.462 e. The maximum atomic E-state index is 12.8. The van der Waals surface area contributed by atoms with Crippen LogP contribution < -0.4 is 0 Å². The van der Waals surface area contributed by atoms with Gasteiger partial charge in [0.15, 0.2) is 6.10 Å². The fourth-order valence-electron chi connectivity index (χ4n) is 7.46. The standard InChI is InChI=1S/C50H96O6/c1-6-7-8-9-10-11-12-14-18-21-24-30-35-40-48(51)54-43-47(44-55-49(52)41-36-31-27-26-29-34-39-46(4)5)56-50(53)42-37-32-25-22-19-16-13-15-17-20-23-28-33-38-45(2)3/h45-47H,6-44H2,1-5H3/t47-/m0/s1. The minimum absolute atomic E-state index is 0.0647. The zero-order valence-electron chi connectivity index (χ0n) is 38.3. The Bertz CT molecular complexity index is 854. The van der Waals surface area contributed by atoms with Crippen molar-refractivity contribution in [1.29, 1.82) is 0 Å². The summed E-state index contributed by atoms with van der Waals surface area (Å²) in [4.78, 5) is 37.8. The molecule has 0 spiro atoms. The fourth-order valence-corrected chi connectivity index (χ4v) is 7.46. The Kier molecular flexibility index (Phi) is 41.8. The van der Waals surface area contributed by atoms with Crippen molar-refractivity contribution in [3.63, 3.8) is 0 Å². The summed E-state index contributed by atoms with van der Waals surface area (Å²) in [5.41, 5.74) is 0. The molecule has 0 aliphatic heterocycles. The number of hydrogen-bond donors (Lipinski definition) is 0. The monoisotopic (exact) mass is 793 g/mol. The summed E-state index contributed by atoms with van der Waals surface area (Å²) in [6.45, 7) is 11.3. The first-order chi connectivity index (χ1) is 27.2. The number of unbranched alkanes of at least 4 members (excludes halogenated alkanes) is 29. The van der Waals surface area contributed by atoms with Gasteiger partial charge in [0.1, 0.15) is 13.2 Å². The van der Waals surface area contributed by atoms with Crippen LogP contribution in [-0.4, -0.2) is 37.2 Å². The van der Waals surface area contributed by atoms with Crippen molar-refractivity contribution in [2.75, 3.05) is 13.2 Å². The second kappa shape index (κ2) is 43.0. The summed E-state index contributed by atoms with van der Waals surface area (Å²) < 4.78 is 16.8. The molecule has 0 aliphatic carbocycles. The molecule has 0 radical (unpaired) electrons. The summed E-state index contributed by atoms with van der Waals surface area (Å²) in [6.07, 6.45) is 42.4. The van der Waals surface area contributed by atoms with E-state index >= 15 is 0 Å². The first-order valence-electron chi connectivity index (χ1n) is 24.7. The summed E-state index contributed by atoms with van der Waals surface area (Å²) in [7, 11) is 0. The Morgan fingerprint density at radius 2 is 0.589 bits per heavy atom. The highest BCUT2D eigenvalue weighted by atomic mass is 16.6. The molecule has 0 aromatic heterocycles. The highest BCUT2D eigenvalue weighted by Crippen LogP contribution is 2.17. The number of hydrogen-bond acceptors (Lipinski definition) is 6. The number of rotatable bonds is 44. The Morgan fingerprint density at radius 3 is 0.875 bits per heavy atom. The predicted octanol–water partition coefficient (Wildman–Crippen LogP) is 15.8. The molecule has 0 aromatic rings. The Balaban J connectivity index is 4.29. The van der Waals surface area contributed by atoms with Crippen molar-refractivity contribution in [2.24, 2.45) is 11.8 Å². The van der Waals surface area contributed by atoms with Crippen LogP contribution in [0, 0.1) is 11.8 Å². The number of carbonyl (C=O) groups excluding carboxylic acids is 3. The zero-order chi connectivity index (χ0) is 41.2. The van der Waals surface area contributed by atoms with Crippen LogP contribution in [0.4, 0.5) is 0 Å². The van der Waals surface area contributed by atoms with Crippen molar-refractivity contribution < 1.29 is 28.6 Å². The molecule has 0 bridgehead atoms. The lowest BCUT2D eigenvalue weighted by molar-refractivity contribution is -0.167. The molecular formula is C50H96O6. The van der Waals surface area contributed by atoms with Crippen LogP contribution in [0.25, 0.3) is 0 Å². The molecule has 0 saturated heterocycles. The molecule has 0 amide bonds. The SMILES string of the molecule is CCCCCCCCCCCCCCCC(=O)OC[C@@H](COC(=O)CCCCCCCCC(C)C)OC(=O)CCCCCCCCCCCCCCCC(C)C. The van der Waals surface area contributed by atoms with E-state index in [0.29, 0.717) is 19.3 Å². The molecule has 0 heterocycles. The van der Waals surface area contributed by atoms with Crippen LogP contribution in [0.2, 0.25) is 0 Å². The third kappa shape index (κ3) is 43.5. The molecule has 0 N–H and O–H groups in total. The van der Waals surface area contributed by atoms with E-state index in [0.717, 1.165) is 69.6 Å². The molecule has 332 valence electrons. The van der Waals surface area contributed by atoms with Gasteiger partial charge in [-0.15, -0.1) is 0 Å². The molecule has 0 rings (SSSR count). The van der Waals surface area contributed by atoms with Gasteiger partial charge >= 0.3 is 17.9 Å². The molecule has 6 heteroatoms. The molecule has 0 aliphatic rings. The maximum absolute atomic E-state index is 12.8. The van der Waals surface area contributed by atoms with Gasteiger partial charge in [-0.2, -0.15) is 0 Å². The first-order valence-corrected chi connectivity index (χ1v) is 24.7. The van der Waals surface area contributed by atoms with Crippen LogP contribution in [-0.2, 0) is 28.6 Å². The normalized spacial score (nSPS) is 12.1. The minimum Gasteiger partial charge on any atom is -0.462 e. The molecule has 0 unspecified atom stereocenters. The van der Waals surface area contributed by atoms with Gasteiger partial charge in [-0.05, 0) is 31.1 Å². The van der Waals surface area contributed by atoms with Gasteiger partial charge in [0.2, 0.25) is 0 Å². The molecule has 0 saturated carbocycles. The van der Waals surface area contributed by atoms with Crippen LogP contribution in [0.3, 0.4) is 0 Å². The quantitative estimate of drug-likeness (QED) is 0.0347. The number of esters is 3. The van der Waals surface area contributed by atoms with Crippen LogP contribution in [0.1, 0.15) is 272 Å². The van der Waals surface area contributed by atoms with Gasteiger partial charge in [0.05, 0.1) is 0 Å². The maximum Gasteiger partial charge on any atom is 0.306 e. The average molecular weight is 793 g/mol. The van der Waals surface area contributed by atoms with E-state index < -0.39 is 6.10 Å². The van der Waals surface area contributed by atoms with Crippen molar-refractivity contribution in [3.8, 4) is 0 Å². The van der Waals surface area contributed by atoms with E-state index in [9.17, 15) is 14.4 Å². The molecule has 1 atom stereocenters. The van der Waals surface area contributed by atoms with Gasteiger partial charge in [0.25, 0.3) is 0 Å². The number of ether oxygens (including phenoxy) is 3. The lowest BCUT2D eigenvalue weighted by Crippen LogP contribution is -2.30. The fraction of sp³-hybridized carbons (Fsp3) is 0.940. The van der Waals surface area contributed by atoms with E-state index in [4.69, 9.17) is 14.2 Å².